The van der Waals surface area contributed by atoms with Gasteiger partial charge in [0.05, 0.1) is 19.3 Å². The largest absolute Gasteiger partial charge is 0.497 e. The quantitative estimate of drug-likeness (QED) is 0.598. The Bertz CT molecular complexity index is 811. The molecule has 156 valence electrons. The van der Waals surface area contributed by atoms with E-state index < -0.39 is 0 Å². The molecule has 1 amide bonds. The number of rotatable bonds is 8. The molecule has 0 atom stereocenters. The van der Waals surface area contributed by atoms with Gasteiger partial charge < -0.3 is 14.1 Å². The summed E-state index contributed by atoms with van der Waals surface area (Å²) in [4.78, 5) is 15.1. The molecule has 2 fully saturated rings. The molecule has 1 aromatic carbocycles. The molecule has 4 rings (SSSR count). The first kappa shape index (κ1) is 20.3. The second-order valence-electron chi connectivity index (χ2n) is 8.22. The molecule has 0 bridgehead atoms. The van der Waals surface area contributed by atoms with Crippen molar-refractivity contribution in [3.63, 3.8) is 0 Å². The topological polar surface area (TPSA) is 68.5 Å². The maximum absolute atomic E-state index is 12.9. The Balaban J connectivity index is 1.30. The lowest BCUT2D eigenvalue weighted by Gasteiger charge is -2.36. The lowest BCUT2D eigenvalue weighted by atomic mass is 9.86. The maximum atomic E-state index is 12.9. The second kappa shape index (κ2) is 9.20. The van der Waals surface area contributed by atoms with E-state index in [0.717, 1.165) is 42.9 Å². The van der Waals surface area contributed by atoms with Gasteiger partial charge in [-0.2, -0.15) is 0 Å². The Morgan fingerprint density at radius 1 is 1.10 bits per heavy atom. The average molecular weight is 416 g/mol. The van der Waals surface area contributed by atoms with Gasteiger partial charge in [-0.3, -0.25) is 4.79 Å². The lowest BCUT2D eigenvalue weighted by Crippen LogP contribution is -2.44. The summed E-state index contributed by atoms with van der Waals surface area (Å²) < 4.78 is 10.9. The Kier molecular flexibility index (Phi) is 6.43. The van der Waals surface area contributed by atoms with Crippen LogP contribution in [0.1, 0.15) is 56.9 Å². The molecule has 0 radical (unpaired) electrons. The summed E-state index contributed by atoms with van der Waals surface area (Å²) in [5.41, 5.74) is 1.08. The predicted octanol–water partition coefficient (Wildman–Crippen LogP) is 4.33. The molecule has 6 nitrogen and oxygen atoms in total. The number of methoxy groups -OCH3 is 1. The molecule has 1 heterocycles. The Labute approximate surface area is 176 Å². The zero-order valence-corrected chi connectivity index (χ0v) is 18.0. The number of carbonyl (C=O) groups excluding carboxylic acids is 1. The number of thioether (sulfide) groups is 1. The highest BCUT2D eigenvalue weighted by atomic mass is 32.2. The fourth-order valence-corrected chi connectivity index (χ4v) is 4.71. The van der Waals surface area contributed by atoms with Gasteiger partial charge in [-0.15, -0.1) is 10.2 Å². The van der Waals surface area contributed by atoms with Gasteiger partial charge in [0.1, 0.15) is 5.75 Å². The zero-order chi connectivity index (χ0) is 20.2. The van der Waals surface area contributed by atoms with Crippen LogP contribution in [0, 0.1) is 5.92 Å². The normalized spacial score (nSPS) is 21.7. The highest BCUT2D eigenvalue weighted by Gasteiger charge is 2.38. The standard InChI is InChI=1S/C22H29N3O3S/c1-15-3-7-17(8-4-15)25(18-9-10-18)21(26)14-29-22-24-23-20(28-22)13-16-5-11-19(27-2)12-6-16/h5-6,11-12,15,17-18H,3-4,7-10,13-14H2,1-2H3. The number of aromatic nitrogens is 2. The van der Waals surface area contributed by atoms with Crippen molar-refractivity contribution in [2.75, 3.05) is 12.9 Å². The summed E-state index contributed by atoms with van der Waals surface area (Å²) in [5, 5.41) is 8.71. The summed E-state index contributed by atoms with van der Waals surface area (Å²) in [7, 11) is 1.65. The van der Waals surface area contributed by atoms with Crippen LogP contribution in [0.25, 0.3) is 0 Å². The minimum atomic E-state index is 0.215. The van der Waals surface area contributed by atoms with E-state index in [9.17, 15) is 4.79 Å². The third kappa shape index (κ3) is 5.32. The minimum Gasteiger partial charge on any atom is -0.497 e. The lowest BCUT2D eigenvalue weighted by molar-refractivity contribution is -0.132. The van der Waals surface area contributed by atoms with Crippen LogP contribution in [0.4, 0.5) is 0 Å². The van der Waals surface area contributed by atoms with Gasteiger partial charge >= 0.3 is 0 Å². The molecule has 29 heavy (non-hydrogen) atoms. The van der Waals surface area contributed by atoms with Crippen LogP contribution in [0.15, 0.2) is 33.9 Å². The molecular formula is C22H29N3O3S. The van der Waals surface area contributed by atoms with Crippen LogP contribution in [-0.2, 0) is 11.2 Å². The van der Waals surface area contributed by atoms with Crippen LogP contribution in [-0.4, -0.2) is 46.0 Å². The number of ether oxygens (including phenoxy) is 1. The van der Waals surface area contributed by atoms with Crippen molar-refractivity contribution in [2.45, 2.75) is 69.2 Å². The molecular weight excluding hydrogens is 386 g/mol. The first-order chi connectivity index (χ1) is 14.1. The smallest absolute Gasteiger partial charge is 0.277 e. The summed E-state index contributed by atoms with van der Waals surface area (Å²) in [6.45, 7) is 2.31. The zero-order valence-electron chi connectivity index (χ0n) is 17.2. The van der Waals surface area contributed by atoms with E-state index in [2.05, 4.69) is 22.0 Å². The molecule has 2 aliphatic carbocycles. The monoisotopic (exact) mass is 415 g/mol. The molecule has 0 N–H and O–H groups in total. The second-order valence-corrected chi connectivity index (χ2v) is 9.15. The fraction of sp³-hybridized carbons (Fsp3) is 0.591. The molecule has 0 saturated heterocycles. The van der Waals surface area contributed by atoms with Crippen LogP contribution in [0.2, 0.25) is 0 Å². The third-order valence-corrected chi connectivity index (χ3v) is 6.69. The predicted molar refractivity (Wildman–Crippen MR) is 112 cm³/mol. The van der Waals surface area contributed by atoms with Crippen molar-refractivity contribution in [1.29, 1.82) is 0 Å². The van der Waals surface area contributed by atoms with Gasteiger partial charge in [-0.1, -0.05) is 30.8 Å². The number of carbonyl (C=O) groups is 1. The van der Waals surface area contributed by atoms with Gasteiger partial charge in [0, 0.05) is 12.1 Å². The molecule has 2 aliphatic rings. The van der Waals surface area contributed by atoms with E-state index in [1.807, 2.05) is 24.3 Å². The molecule has 0 unspecified atom stereocenters. The number of benzene rings is 1. The number of hydrogen-bond acceptors (Lipinski definition) is 6. The first-order valence-corrected chi connectivity index (χ1v) is 11.5. The van der Waals surface area contributed by atoms with Crippen molar-refractivity contribution in [3.8, 4) is 5.75 Å². The highest BCUT2D eigenvalue weighted by Crippen LogP contribution is 2.36. The number of hydrogen-bond donors (Lipinski definition) is 0. The molecule has 0 aliphatic heterocycles. The van der Waals surface area contributed by atoms with Crippen molar-refractivity contribution in [2.24, 2.45) is 5.92 Å². The van der Waals surface area contributed by atoms with Gasteiger partial charge in [-0.05, 0) is 62.1 Å². The Morgan fingerprint density at radius 3 is 2.38 bits per heavy atom. The first-order valence-electron chi connectivity index (χ1n) is 10.5. The SMILES string of the molecule is COc1ccc(Cc2nnc(SCC(=O)N(C3CCC(C)CC3)C3CC3)o2)cc1. The summed E-state index contributed by atoms with van der Waals surface area (Å²) >= 11 is 1.35. The van der Waals surface area contributed by atoms with Crippen molar-refractivity contribution in [1.82, 2.24) is 15.1 Å². The van der Waals surface area contributed by atoms with Crippen LogP contribution >= 0.6 is 11.8 Å². The van der Waals surface area contributed by atoms with E-state index >= 15 is 0 Å². The fourth-order valence-electron chi connectivity index (χ4n) is 4.06. The average Bonchev–Trinajstić information content (AvgIpc) is 3.47. The minimum absolute atomic E-state index is 0.215. The van der Waals surface area contributed by atoms with E-state index in [1.54, 1.807) is 7.11 Å². The highest BCUT2D eigenvalue weighted by molar-refractivity contribution is 7.99. The Hall–Kier alpha value is -2.02. The Morgan fingerprint density at radius 2 is 1.76 bits per heavy atom. The van der Waals surface area contributed by atoms with E-state index in [0.29, 0.717) is 35.4 Å². The number of nitrogens with zero attached hydrogens (tertiary/aromatic N) is 3. The maximum Gasteiger partial charge on any atom is 0.277 e. The summed E-state index contributed by atoms with van der Waals surface area (Å²) in [5.74, 6) is 2.76. The molecule has 2 aromatic rings. The van der Waals surface area contributed by atoms with Crippen LogP contribution in [0.3, 0.4) is 0 Å². The molecule has 1 aromatic heterocycles. The van der Waals surface area contributed by atoms with E-state index in [1.165, 1.54) is 24.6 Å². The summed E-state index contributed by atoms with van der Waals surface area (Å²) in [6, 6.07) is 8.67. The molecule has 0 spiro atoms. The number of amides is 1. The van der Waals surface area contributed by atoms with Crippen LogP contribution < -0.4 is 4.74 Å². The summed E-state index contributed by atoms with van der Waals surface area (Å²) in [6.07, 6.45) is 7.60. The van der Waals surface area contributed by atoms with E-state index in [-0.39, 0.29) is 5.91 Å². The van der Waals surface area contributed by atoms with E-state index in [4.69, 9.17) is 9.15 Å². The van der Waals surface area contributed by atoms with Gasteiger partial charge in [0.2, 0.25) is 11.8 Å². The van der Waals surface area contributed by atoms with Gasteiger partial charge in [-0.25, -0.2) is 0 Å². The third-order valence-electron chi connectivity index (χ3n) is 5.89. The molecule has 2 saturated carbocycles. The van der Waals surface area contributed by atoms with Crippen molar-refractivity contribution < 1.29 is 13.9 Å². The van der Waals surface area contributed by atoms with Gasteiger partial charge in [0.25, 0.3) is 5.22 Å². The van der Waals surface area contributed by atoms with Crippen molar-refractivity contribution >= 4 is 17.7 Å². The van der Waals surface area contributed by atoms with Crippen LogP contribution in [0.5, 0.6) is 5.75 Å². The van der Waals surface area contributed by atoms with Gasteiger partial charge in [0.15, 0.2) is 0 Å². The van der Waals surface area contributed by atoms with Crippen molar-refractivity contribution in [3.05, 3.63) is 35.7 Å². The molecule has 7 heteroatoms.